The first kappa shape index (κ1) is 9.84. The van der Waals surface area contributed by atoms with Crippen LogP contribution in [0, 0.1) is 6.92 Å². The minimum Gasteiger partial charge on any atom is -0.381 e. The lowest BCUT2D eigenvalue weighted by Crippen LogP contribution is -1.98. The fraction of sp³-hybridized carbons (Fsp3) is 0.231. The molecule has 1 heterocycles. The smallest absolute Gasteiger partial charge is 0.0415 e. The van der Waals surface area contributed by atoms with Gasteiger partial charge in [0.15, 0.2) is 0 Å². The summed E-state index contributed by atoms with van der Waals surface area (Å²) in [6.45, 7) is 2.98. The van der Waals surface area contributed by atoms with Crippen LogP contribution in [0.25, 0.3) is 0 Å². The zero-order valence-corrected chi connectivity index (χ0v) is 9.20. The SMILES string of the molecule is Cc1ccc(NCc2ccn(C)c2)cc1. The van der Waals surface area contributed by atoms with Gasteiger partial charge in [-0.3, -0.25) is 0 Å². The van der Waals surface area contributed by atoms with Crippen molar-refractivity contribution < 1.29 is 0 Å². The van der Waals surface area contributed by atoms with Crippen molar-refractivity contribution in [3.05, 3.63) is 53.9 Å². The Hall–Kier alpha value is -1.70. The lowest BCUT2D eigenvalue weighted by atomic mass is 10.2. The molecule has 78 valence electrons. The molecular weight excluding hydrogens is 184 g/mol. The number of aromatic nitrogens is 1. The monoisotopic (exact) mass is 200 g/mol. The normalized spacial score (nSPS) is 10.3. The van der Waals surface area contributed by atoms with Crippen molar-refractivity contribution in [1.82, 2.24) is 4.57 Å². The molecule has 2 rings (SSSR count). The summed E-state index contributed by atoms with van der Waals surface area (Å²) in [4.78, 5) is 0. The summed E-state index contributed by atoms with van der Waals surface area (Å²) in [6, 6.07) is 10.6. The molecule has 2 heteroatoms. The fourth-order valence-electron chi connectivity index (χ4n) is 1.54. The highest BCUT2D eigenvalue weighted by Crippen LogP contribution is 2.10. The van der Waals surface area contributed by atoms with Crippen molar-refractivity contribution in [2.75, 3.05) is 5.32 Å². The van der Waals surface area contributed by atoms with E-state index < -0.39 is 0 Å². The summed E-state index contributed by atoms with van der Waals surface area (Å²) in [6.07, 6.45) is 4.19. The van der Waals surface area contributed by atoms with Crippen molar-refractivity contribution in [2.24, 2.45) is 7.05 Å². The maximum absolute atomic E-state index is 3.39. The number of aryl methyl sites for hydroxylation is 2. The van der Waals surface area contributed by atoms with Gasteiger partial charge in [0.05, 0.1) is 0 Å². The third kappa shape index (κ3) is 2.62. The van der Waals surface area contributed by atoms with Gasteiger partial charge in [0, 0.05) is 31.7 Å². The molecule has 15 heavy (non-hydrogen) atoms. The summed E-state index contributed by atoms with van der Waals surface area (Å²) in [5.41, 5.74) is 3.77. The molecule has 0 saturated heterocycles. The molecule has 2 nitrogen and oxygen atoms in total. The van der Waals surface area contributed by atoms with Crippen LogP contribution >= 0.6 is 0 Å². The molecule has 0 saturated carbocycles. The Morgan fingerprint density at radius 2 is 1.87 bits per heavy atom. The van der Waals surface area contributed by atoms with Crippen LogP contribution in [0.1, 0.15) is 11.1 Å². The minimum absolute atomic E-state index is 0.879. The van der Waals surface area contributed by atoms with E-state index in [1.165, 1.54) is 16.8 Å². The first-order valence-corrected chi connectivity index (χ1v) is 5.15. The molecule has 0 spiro atoms. The van der Waals surface area contributed by atoms with Gasteiger partial charge < -0.3 is 9.88 Å². The van der Waals surface area contributed by atoms with E-state index >= 15 is 0 Å². The second-order valence-electron chi connectivity index (χ2n) is 3.90. The van der Waals surface area contributed by atoms with Crippen LogP contribution in [0.4, 0.5) is 5.69 Å². The van der Waals surface area contributed by atoms with Crippen LogP contribution in [0.3, 0.4) is 0 Å². The highest BCUT2D eigenvalue weighted by molar-refractivity contribution is 5.44. The van der Waals surface area contributed by atoms with Crippen LogP contribution in [-0.2, 0) is 13.6 Å². The summed E-state index contributed by atoms with van der Waals surface area (Å²) >= 11 is 0. The third-order valence-corrected chi connectivity index (χ3v) is 2.44. The lowest BCUT2D eigenvalue weighted by Gasteiger charge is -2.04. The molecule has 0 aliphatic carbocycles. The van der Waals surface area contributed by atoms with Gasteiger partial charge in [0.1, 0.15) is 0 Å². The van der Waals surface area contributed by atoms with Gasteiger partial charge in [-0.15, -0.1) is 0 Å². The van der Waals surface area contributed by atoms with Gasteiger partial charge in [0.25, 0.3) is 0 Å². The molecule has 1 aromatic carbocycles. The van der Waals surface area contributed by atoms with E-state index in [0.717, 1.165) is 6.54 Å². The zero-order valence-electron chi connectivity index (χ0n) is 9.20. The Bertz CT molecular complexity index is 426. The van der Waals surface area contributed by atoms with Crippen LogP contribution < -0.4 is 5.32 Å². The fourth-order valence-corrected chi connectivity index (χ4v) is 1.54. The first-order chi connectivity index (χ1) is 7.24. The number of nitrogens with one attached hydrogen (secondary N) is 1. The number of rotatable bonds is 3. The maximum atomic E-state index is 3.39. The molecule has 0 bridgehead atoms. The topological polar surface area (TPSA) is 17.0 Å². The Morgan fingerprint density at radius 1 is 1.13 bits per heavy atom. The average molecular weight is 200 g/mol. The van der Waals surface area contributed by atoms with Gasteiger partial charge in [-0.1, -0.05) is 17.7 Å². The van der Waals surface area contributed by atoms with Crippen LogP contribution in [0.15, 0.2) is 42.7 Å². The van der Waals surface area contributed by atoms with E-state index in [0.29, 0.717) is 0 Å². The minimum atomic E-state index is 0.879. The molecule has 0 aliphatic rings. The average Bonchev–Trinajstić information content (AvgIpc) is 2.64. The van der Waals surface area contributed by atoms with E-state index in [1.54, 1.807) is 0 Å². The van der Waals surface area contributed by atoms with Gasteiger partial charge >= 0.3 is 0 Å². The Kier molecular flexibility index (Phi) is 2.77. The molecule has 0 amide bonds. The highest BCUT2D eigenvalue weighted by Gasteiger charge is 1.94. The number of anilines is 1. The number of hydrogen-bond donors (Lipinski definition) is 1. The Labute approximate surface area is 90.6 Å². The Balaban J connectivity index is 1.96. The molecule has 1 N–H and O–H groups in total. The van der Waals surface area contributed by atoms with Crippen LogP contribution in [0.2, 0.25) is 0 Å². The van der Waals surface area contributed by atoms with Crippen LogP contribution in [-0.4, -0.2) is 4.57 Å². The van der Waals surface area contributed by atoms with Gasteiger partial charge in [-0.2, -0.15) is 0 Å². The number of nitrogens with zero attached hydrogens (tertiary/aromatic N) is 1. The number of benzene rings is 1. The van der Waals surface area contributed by atoms with E-state index in [1.807, 2.05) is 7.05 Å². The van der Waals surface area contributed by atoms with Crippen molar-refractivity contribution in [1.29, 1.82) is 0 Å². The molecule has 2 aromatic rings. The van der Waals surface area contributed by atoms with E-state index in [2.05, 4.69) is 59.5 Å². The second kappa shape index (κ2) is 4.22. The molecule has 0 unspecified atom stereocenters. The summed E-state index contributed by atoms with van der Waals surface area (Å²) in [7, 11) is 2.04. The summed E-state index contributed by atoms with van der Waals surface area (Å²) in [5, 5.41) is 3.39. The second-order valence-corrected chi connectivity index (χ2v) is 3.90. The quantitative estimate of drug-likeness (QED) is 0.806. The van der Waals surface area contributed by atoms with Gasteiger partial charge in [-0.25, -0.2) is 0 Å². The molecule has 0 aliphatic heterocycles. The zero-order chi connectivity index (χ0) is 10.7. The summed E-state index contributed by atoms with van der Waals surface area (Å²) < 4.78 is 2.06. The van der Waals surface area contributed by atoms with Crippen molar-refractivity contribution in [3.63, 3.8) is 0 Å². The molecule has 1 aromatic heterocycles. The molecule has 0 fully saturated rings. The van der Waals surface area contributed by atoms with E-state index in [9.17, 15) is 0 Å². The third-order valence-electron chi connectivity index (χ3n) is 2.44. The molecular formula is C13H16N2. The Morgan fingerprint density at radius 3 is 2.47 bits per heavy atom. The number of hydrogen-bond acceptors (Lipinski definition) is 1. The van der Waals surface area contributed by atoms with E-state index in [-0.39, 0.29) is 0 Å². The lowest BCUT2D eigenvalue weighted by molar-refractivity contribution is 0.920. The summed E-state index contributed by atoms with van der Waals surface area (Å²) in [5.74, 6) is 0. The molecule has 0 radical (unpaired) electrons. The standard InChI is InChI=1S/C13H16N2/c1-11-3-5-13(6-4-11)14-9-12-7-8-15(2)10-12/h3-8,10,14H,9H2,1-2H3. The predicted octanol–water partition coefficient (Wildman–Crippen LogP) is 2.95. The predicted molar refractivity (Wildman–Crippen MR) is 63.9 cm³/mol. The van der Waals surface area contributed by atoms with Crippen molar-refractivity contribution in [3.8, 4) is 0 Å². The van der Waals surface area contributed by atoms with E-state index in [4.69, 9.17) is 0 Å². The van der Waals surface area contributed by atoms with Crippen molar-refractivity contribution in [2.45, 2.75) is 13.5 Å². The van der Waals surface area contributed by atoms with Gasteiger partial charge in [-0.05, 0) is 30.7 Å². The van der Waals surface area contributed by atoms with Crippen molar-refractivity contribution >= 4 is 5.69 Å². The first-order valence-electron chi connectivity index (χ1n) is 5.15. The molecule has 0 atom stereocenters. The van der Waals surface area contributed by atoms with Gasteiger partial charge in [0.2, 0.25) is 0 Å². The largest absolute Gasteiger partial charge is 0.381 e. The highest BCUT2D eigenvalue weighted by atomic mass is 14.9. The maximum Gasteiger partial charge on any atom is 0.0415 e. The van der Waals surface area contributed by atoms with Crippen LogP contribution in [0.5, 0.6) is 0 Å².